The molecule has 3 aromatic carbocycles. The number of phenols is 1. The highest BCUT2D eigenvalue weighted by molar-refractivity contribution is 9.08. The Hall–Kier alpha value is -2.46. The lowest BCUT2D eigenvalue weighted by Gasteiger charge is -2.14. The molecule has 0 heterocycles. The second-order valence-electron chi connectivity index (χ2n) is 4.88. The first-order valence-corrected chi connectivity index (χ1v) is 8.26. The van der Waals surface area contributed by atoms with Crippen molar-refractivity contribution in [2.24, 2.45) is 0 Å². The molecule has 0 aliphatic carbocycles. The van der Waals surface area contributed by atoms with Crippen LogP contribution in [0.15, 0.2) is 72.8 Å². The van der Waals surface area contributed by atoms with Crippen molar-refractivity contribution >= 4 is 15.9 Å². The third kappa shape index (κ3) is 3.85. The minimum absolute atomic E-state index is 0.126. The molecule has 0 fully saturated rings. The number of aromatic hydroxyl groups is 1. The van der Waals surface area contributed by atoms with Crippen molar-refractivity contribution in [1.82, 2.24) is 0 Å². The first kappa shape index (κ1) is 15.4. The summed E-state index contributed by atoms with van der Waals surface area (Å²) < 4.78 is 11.7. The Morgan fingerprint density at radius 2 is 1.30 bits per heavy atom. The van der Waals surface area contributed by atoms with Gasteiger partial charge in [-0.15, -0.1) is 0 Å². The Morgan fingerprint density at radius 1 is 0.739 bits per heavy atom. The monoisotopic (exact) mass is 370 g/mol. The van der Waals surface area contributed by atoms with Crippen LogP contribution in [0.4, 0.5) is 0 Å². The van der Waals surface area contributed by atoms with E-state index in [2.05, 4.69) is 15.9 Å². The number of alkyl halides is 1. The summed E-state index contributed by atoms with van der Waals surface area (Å²) in [5, 5.41) is 10.7. The van der Waals surface area contributed by atoms with Gasteiger partial charge in [0.15, 0.2) is 0 Å². The van der Waals surface area contributed by atoms with Crippen molar-refractivity contribution in [2.45, 2.75) is 5.33 Å². The number of rotatable bonds is 5. The van der Waals surface area contributed by atoms with Crippen molar-refractivity contribution in [2.75, 3.05) is 0 Å². The Morgan fingerprint density at radius 3 is 1.87 bits per heavy atom. The minimum atomic E-state index is 0.126. The highest BCUT2D eigenvalue weighted by atomic mass is 79.9. The zero-order chi connectivity index (χ0) is 16.1. The smallest absolute Gasteiger partial charge is 0.138 e. The SMILES string of the molecule is Oc1cc(Oc2ccccc2)cc(Oc2ccccc2)c1CBr. The Labute approximate surface area is 143 Å². The van der Waals surface area contributed by atoms with E-state index in [0.29, 0.717) is 33.9 Å². The van der Waals surface area contributed by atoms with Gasteiger partial charge in [0, 0.05) is 23.0 Å². The van der Waals surface area contributed by atoms with E-state index in [1.807, 2.05) is 60.7 Å². The molecule has 0 aromatic heterocycles. The van der Waals surface area contributed by atoms with Crippen molar-refractivity contribution in [3.05, 3.63) is 78.4 Å². The summed E-state index contributed by atoms with van der Waals surface area (Å²) in [6, 6.07) is 22.2. The number of hydrogen-bond acceptors (Lipinski definition) is 3. The van der Waals surface area contributed by atoms with Crippen LogP contribution in [0.25, 0.3) is 0 Å². The molecule has 0 radical (unpaired) electrons. The van der Waals surface area contributed by atoms with Crippen LogP contribution in [0.1, 0.15) is 5.56 Å². The molecule has 3 rings (SSSR count). The van der Waals surface area contributed by atoms with Gasteiger partial charge in [-0.05, 0) is 24.3 Å². The van der Waals surface area contributed by atoms with Gasteiger partial charge in [0.2, 0.25) is 0 Å². The third-order valence-electron chi connectivity index (χ3n) is 3.24. The molecular weight excluding hydrogens is 356 g/mol. The molecule has 3 aromatic rings. The molecule has 4 heteroatoms. The summed E-state index contributed by atoms with van der Waals surface area (Å²) in [4.78, 5) is 0. The average molecular weight is 371 g/mol. The van der Waals surface area contributed by atoms with Crippen LogP contribution < -0.4 is 9.47 Å². The van der Waals surface area contributed by atoms with Crippen LogP contribution in [-0.4, -0.2) is 5.11 Å². The number of hydrogen-bond donors (Lipinski definition) is 1. The fourth-order valence-corrected chi connectivity index (χ4v) is 2.69. The molecule has 0 saturated heterocycles. The van der Waals surface area contributed by atoms with Crippen molar-refractivity contribution in [1.29, 1.82) is 0 Å². The first-order chi connectivity index (χ1) is 11.3. The van der Waals surface area contributed by atoms with Gasteiger partial charge >= 0.3 is 0 Å². The summed E-state index contributed by atoms with van der Waals surface area (Å²) in [6.07, 6.45) is 0. The van der Waals surface area contributed by atoms with Gasteiger partial charge in [0.25, 0.3) is 0 Å². The highest BCUT2D eigenvalue weighted by Gasteiger charge is 2.13. The van der Waals surface area contributed by atoms with E-state index in [0.717, 1.165) is 0 Å². The second-order valence-corrected chi connectivity index (χ2v) is 5.44. The molecule has 0 bridgehead atoms. The molecule has 116 valence electrons. The molecule has 0 aliphatic rings. The number of phenolic OH excluding ortho intramolecular Hbond substituents is 1. The maximum Gasteiger partial charge on any atom is 0.138 e. The largest absolute Gasteiger partial charge is 0.507 e. The zero-order valence-electron chi connectivity index (χ0n) is 12.3. The lowest BCUT2D eigenvalue weighted by molar-refractivity contribution is 0.430. The van der Waals surface area contributed by atoms with E-state index >= 15 is 0 Å². The van der Waals surface area contributed by atoms with E-state index in [9.17, 15) is 5.11 Å². The third-order valence-corrected chi connectivity index (χ3v) is 3.80. The first-order valence-electron chi connectivity index (χ1n) is 7.14. The molecule has 0 saturated carbocycles. The normalized spacial score (nSPS) is 10.3. The van der Waals surface area contributed by atoms with Gasteiger partial charge in [0.05, 0.1) is 0 Å². The molecule has 0 atom stereocenters. The molecule has 0 unspecified atom stereocenters. The van der Waals surface area contributed by atoms with E-state index < -0.39 is 0 Å². The molecule has 0 amide bonds. The van der Waals surface area contributed by atoms with Gasteiger partial charge in [-0.2, -0.15) is 0 Å². The van der Waals surface area contributed by atoms with E-state index in [-0.39, 0.29) is 5.75 Å². The van der Waals surface area contributed by atoms with Gasteiger partial charge in [-0.1, -0.05) is 52.3 Å². The minimum Gasteiger partial charge on any atom is -0.507 e. The predicted molar refractivity (Wildman–Crippen MR) is 93.8 cm³/mol. The van der Waals surface area contributed by atoms with E-state index in [1.165, 1.54) is 0 Å². The summed E-state index contributed by atoms with van der Waals surface area (Å²) in [5.41, 5.74) is 0.675. The Bertz CT molecular complexity index is 773. The van der Waals surface area contributed by atoms with Crippen molar-refractivity contribution in [3.8, 4) is 28.7 Å². The maximum absolute atomic E-state index is 10.2. The van der Waals surface area contributed by atoms with Crippen LogP contribution in [0.2, 0.25) is 0 Å². The Balaban J connectivity index is 1.93. The van der Waals surface area contributed by atoms with Gasteiger partial charge in [-0.25, -0.2) is 0 Å². The Kier molecular flexibility index (Phi) is 4.83. The number of para-hydroxylation sites is 2. The second kappa shape index (κ2) is 7.20. The highest BCUT2D eigenvalue weighted by Crippen LogP contribution is 2.38. The standard InChI is InChI=1S/C19H15BrO3/c20-13-17-18(21)11-16(22-14-7-3-1-4-8-14)12-19(17)23-15-9-5-2-6-10-15/h1-12,21H,13H2. The molecule has 23 heavy (non-hydrogen) atoms. The van der Waals surface area contributed by atoms with Crippen LogP contribution in [-0.2, 0) is 5.33 Å². The molecule has 1 N–H and O–H groups in total. The maximum atomic E-state index is 10.2. The van der Waals surface area contributed by atoms with Crippen molar-refractivity contribution < 1.29 is 14.6 Å². The average Bonchev–Trinajstić information content (AvgIpc) is 2.57. The number of halogens is 1. The van der Waals surface area contributed by atoms with Crippen LogP contribution in [0, 0.1) is 0 Å². The fraction of sp³-hybridized carbons (Fsp3) is 0.0526. The number of ether oxygens (including phenoxy) is 2. The fourth-order valence-electron chi connectivity index (χ4n) is 2.13. The molecule has 3 nitrogen and oxygen atoms in total. The molecule has 0 spiro atoms. The van der Waals surface area contributed by atoms with Crippen LogP contribution >= 0.6 is 15.9 Å². The predicted octanol–water partition coefficient (Wildman–Crippen LogP) is 5.87. The number of benzene rings is 3. The van der Waals surface area contributed by atoms with Gasteiger partial charge < -0.3 is 14.6 Å². The molecule has 0 aliphatic heterocycles. The lowest BCUT2D eigenvalue weighted by Crippen LogP contribution is -1.92. The summed E-state index contributed by atoms with van der Waals surface area (Å²) in [5.74, 6) is 2.60. The van der Waals surface area contributed by atoms with Crippen molar-refractivity contribution in [3.63, 3.8) is 0 Å². The van der Waals surface area contributed by atoms with Gasteiger partial charge in [-0.3, -0.25) is 0 Å². The van der Waals surface area contributed by atoms with Crippen LogP contribution in [0.3, 0.4) is 0 Å². The quantitative estimate of drug-likeness (QED) is 0.570. The van der Waals surface area contributed by atoms with E-state index in [4.69, 9.17) is 9.47 Å². The van der Waals surface area contributed by atoms with E-state index in [1.54, 1.807) is 12.1 Å². The zero-order valence-corrected chi connectivity index (χ0v) is 13.9. The topological polar surface area (TPSA) is 38.7 Å². The van der Waals surface area contributed by atoms with Crippen LogP contribution in [0.5, 0.6) is 28.7 Å². The lowest BCUT2D eigenvalue weighted by atomic mass is 10.2. The summed E-state index contributed by atoms with van der Waals surface area (Å²) >= 11 is 3.38. The molecular formula is C19H15BrO3. The summed E-state index contributed by atoms with van der Waals surface area (Å²) in [7, 11) is 0. The summed E-state index contributed by atoms with van der Waals surface area (Å²) in [6.45, 7) is 0. The van der Waals surface area contributed by atoms with Gasteiger partial charge in [0.1, 0.15) is 28.7 Å².